The minimum Gasteiger partial charge on any atom is -0.351 e. The van der Waals surface area contributed by atoms with Crippen molar-refractivity contribution in [1.29, 1.82) is 0 Å². The molecule has 34 heavy (non-hydrogen) atoms. The van der Waals surface area contributed by atoms with Crippen molar-refractivity contribution in [2.45, 2.75) is 55.9 Å². The Morgan fingerprint density at radius 3 is 2.50 bits per heavy atom. The molecule has 0 bridgehead atoms. The lowest BCUT2D eigenvalue weighted by Gasteiger charge is -2.44. The molecule has 0 amide bonds. The van der Waals surface area contributed by atoms with Crippen LogP contribution in [0.5, 0.6) is 0 Å². The third-order valence-corrected chi connectivity index (χ3v) is 7.50. The van der Waals surface area contributed by atoms with Gasteiger partial charge in [-0.15, -0.1) is 5.10 Å². The zero-order valence-corrected chi connectivity index (χ0v) is 18.6. The monoisotopic (exact) mass is 473 g/mol. The van der Waals surface area contributed by atoms with Crippen LogP contribution in [0.3, 0.4) is 0 Å². The van der Waals surface area contributed by atoms with Crippen LogP contribution in [0, 0.1) is 5.82 Å². The zero-order chi connectivity index (χ0) is 24.1. The van der Waals surface area contributed by atoms with Crippen LogP contribution in [-0.4, -0.2) is 29.0 Å². The molecule has 5 rings (SSSR count). The van der Waals surface area contributed by atoms with Crippen molar-refractivity contribution in [3.63, 3.8) is 0 Å². The molecule has 1 saturated heterocycles. The average molecular weight is 473 g/mol. The highest BCUT2D eigenvalue weighted by molar-refractivity contribution is 5.52. The number of alkyl halides is 4. The molecule has 3 aromatic rings. The number of rotatable bonds is 4. The van der Waals surface area contributed by atoms with Crippen LogP contribution < -0.4 is 4.90 Å². The molecule has 3 atom stereocenters. The van der Waals surface area contributed by atoms with E-state index in [1.807, 2.05) is 12.1 Å². The van der Waals surface area contributed by atoms with Crippen LogP contribution in [0.25, 0.3) is 0 Å². The largest absolute Gasteiger partial charge is 0.426 e. The molecule has 0 N–H and O–H groups in total. The molecule has 1 fully saturated rings. The lowest BCUT2D eigenvalue weighted by molar-refractivity contribution is -0.228. The van der Waals surface area contributed by atoms with Crippen molar-refractivity contribution in [3.05, 3.63) is 88.9 Å². The second-order valence-corrected chi connectivity index (χ2v) is 9.41. The summed E-state index contributed by atoms with van der Waals surface area (Å²) in [5, 5.41) is 8.29. The third-order valence-electron chi connectivity index (χ3n) is 7.50. The summed E-state index contributed by atoms with van der Waals surface area (Å²) in [4.78, 5) is 2.21. The fraction of sp³-hybridized carbons (Fsp3) is 0.385. The van der Waals surface area contributed by atoms with Gasteiger partial charge in [0, 0.05) is 24.2 Å². The highest BCUT2D eigenvalue weighted by Crippen LogP contribution is 2.51. The Labute approximate surface area is 194 Å². The van der Waals surface area contributed by atoms with Crippen LogP contribution in [-0.2, 0) is 23.9 Å². The maximum absolute atomic E-state index is 14.7. The van der Waals surface area contributed by atoms with E-state index in [9.17, 15) is 22.0 Å². The van der Waals surface area contributed by atoms with Gasteiger partial charge >= 0.3 is 6.18 Å². The van der Waals surface area contributed by atoms with Crippen molar-refractivity contribution in [3.8, 4) is 0 Å². The first-order valence-electron chi connectivity index (χ1n) is 11.3. The average Bonchev–Trinajstić information content (AvgIpc) is 3.19. The number of anilines is 1. The standard InChI is InChI=1S/C26H24F5N3/c1-24(28,26(29,30)31)19-7-10-21-18(15-19)6-11-22-25(21,16-17-4-8-20(27)9-5-17)12-14-34(22)23-3-2-13-32-33-23/h2-5,7-10,13,15,22H,6,11-12,14,16H2,1H3/t22-,24?,25-/m1/s1. The van der Waals surface area contributed by atoms with Gasteiger partial charge in [0.2, 0.25) is 5.67 Å². The lowest BCUT2D eigenvalue weighted by atomic mass is 9.63. The topological polar surface area (TPSA) is 29.0 Å². The SMILES string of the molecule is CC(F)(c1ccc2c(c1)CC[C@H]1N(c3cccnn3)CC[C@@]21Cc1ccc(F)cc1)C(F)(F)F. The number of aryl methyl sites for hydroxylation is 1. The van der Waals surface area contributed by atoms with Gasteiger partial charge in [-0.2, -0.15) is 18.3 Å². The highest BCUT2D eigenvalue weighted by atomic mass is 19.4. The molecule has 0 spiro atoms. The molecule has 2 heterocycles. The van der Waals surface area contributed by atoms with E-state index in [0.717, 1.165) is 28.9 Å². The van der Waals surface area contributed by atoms with Crippen molar-refractivity contribution in [2.24, 2.45) is 0 Å². The molecule has 178 valence electrons. The molecule has 2 aromatic carbocycles. The maximum Gasteiger partial charge on any atom is 0.426 e. The number of aromatic nitrogens is 2. The molecule has 3 nitrogen and oxygen atoms in total. The van der Waals surface area contributed by atoms with Crippen LogP contribution in [0.15, 0.2) is 60.8 Å². The van der Waals surface area contributed by atoms with Crippen LogP contribution in [0.2, 0.25) is 0 Å². The molecular formula is C26H24F5N3. The van der Waals surface area contributed by atoms with E-state index >= 15 is 0 Å². The Balaban J connectivity index is 1.60. The van der Waals surface area contributed by atoms with Gasteiger partial charge in [-0.05, 0) is 79.1 Å². The molecule has 1 aliphatic heterocycles. The molecule has 1 unspecified atom stereocenters. The molecule has 1 aromatic heterocycles. The van der Waals surface area contributed by atoms with E-state index in [1.54, 1.807) is 24.4 Å². The maximum atomic E-state index is 14.7. The summed E-state index contributed by atoms with van der Waals surface area (Å²) >= 11 is 0. The molecule has 8 heteroatoms. The van der Waals surface area contributed by atoms with Gasteiger partial charge in [0.1, 0.15) is 5.82 Å². The fourth-order valence-electron chi connectivity index (χ4n) is 5.71. The summed E-state index contributed by atoms with van der Waals surface area (Å²) in [5.41, 5.74) is -1.62. The summed E-state index contributed by atoms with van der Waals surface area (Å²) in [7, 11) is 0. The van der Waals surface area contributed by atoms with Gasteiger partial charge in [-0.1, -0.05) is 30.3 Å². The Hall–Kier alpha value is -3.03. The fourth-order valence-corrected chi connectivity index (χ4v) is 5.71. The van der Waals surface area contributed by atoms with Crippen LogP contribution in [0.1, 0.15) is 42.0 Å². The van der Waals surface area contributed by atoms with Gasteiger partial charge in [-0.3, -0.25) is 0 Å². The summed E-state index contributed by atoms with van der Waals surface area (Å²) in [5.74, 6) is 0.426. The van der Waals surface area contributed by atoms with Gasteiger partial charge in [-0.25, -0.2) is 8.78 Å². The number of hydrogen-bond acceptors (Lipinski definition) is 3. The second kappa shape index (κ2) is 8.03. The normalized spacial score (nSPS) is 23.8. The smallest absolute Gasteiger partial charge is 0.351 e. The minimum absolute atomic E-state index is 0.0342. The van der Waals surface area contributed by atoms with Gasteiger partial charge in [0.15, 0.2) is 5.82 Å². The summed E-state index contributed by atoms with van der Waals surface area (Å²) in [6.07, 6.45) is -0.845. The Bertz CT molecular complexity index is 1180. The van der Waals surface area contributed by atoms with E-state index in [0.29, 0.717) is 32.7 Å². The van der Waals surface area contributed by atoms with Crippen molar-refractivity contribution in [1.82, 2.24) is 10.2 Å². The number of nitrogens with zero attached hydrogens (tertiary/aromatic N) is 3. The third kappa shape index (κ3) is 3.63. The first kappa shape index (κ1) is 22.7. The van der Waals surface area contributed by atoms with E-state index in [2.05, 4.69) is 15.1 Å². The first-order chi connectivity index (χ1) is 16.1. The molecule has 1 aliphatic carbocycles. The zero-order valence-electron chi connectivity index (χ0n) is 18.6. The van der Waals surface area contributed by atoms with Crippen LogP contribution in [0.4, 0.5) is 27.8 Å². The van der Waals surface area contributed by atoms with E-state index in [1.165, 1.54) is 24.3 Å². The van der Waals surface area contributed by atoms with E-state index in [4.69, 9.17) is 0 Å². The van der Waals surface area contributed by atoms with Crippen molar-refractivity contribution >= 4 is 5.82 Å². The number of hydrogen-bond donors (Lipinski definition) is 0. The number of fused-ring (bicyclic) bond motifs is 3. The van der Waals surface area contributed by atoms with Crippen molar-refractivity contribution < 1.29 is 22.0 Å². The molecular weight excluding hydrogens is 449 g/mol. The molecule has 0 saturated carbocycles. The second-order valence-electron chi connectivity index (χ2n) is 9.41. The summed E-state index contributed by atoms with van der Waals surface area (Å²) in [6.45, 7) is 1.27. The number of benzene rings is 2. The van der Waals surface area contributed by atoms with E-state index < -0.39 is 17.3 Å². The Kier molecular flexibility index (Phi) is 5.37. The highest BCUT2D eigenvalue weighted by Gasteiger charge is 2.55. The van der Waals surface area contributed by atoms with Crippen LogP contribution >= 0.6 is 0 Å². The minimum atomic E-state index is -5.00. The molecule has 2 aliphatic rings. The predicted octanol–water partition coefficient (Wildman–Crippen LogP) is 6.07. The predicted molar refractivity (Wildman–Crippen MR) is 119 cm³/mol. The van der Waals surface area contributed by atoms with Gasteiger partial charge in [0.25, 0.3) is 0 Å². The Morgan fingerprint density at radius 1 is 1.06 bits per heavy atom. The van der Waals surface area contributed by atoms with Crippen molar-refractivity contribution in [2.75, 3.05) is 11.4 Å². The quantitative estimate of drug-likeness (QED) is 0.431. The number of halogens is 5. The summed E-state index contributed by atoms with van der Waals surface area (Å²) < 4.78 is 68.4. The Morgan fingerprint density at radius 2 is 1.82 bits per heavy atom. The first-order valence-corrected chi connectivity index (χ1v) is 11.3. The molecule has 0 radical (unpaired) electrons. The summed E-state index contributed by atoms with van der Waals surface area (Å²) in [6, 6.07) is 14.4. The van der Waals surface area contributed by atoms with Gasteiger partial charge < -0.3 is 4.90 Å². The van der Waals surface area contributed by atoms with E-state index in [-0.39, 0.29) is 17.4 Å². The van der Waals surface area contributed by atoms with Gasteiger partial charge in [0.05, 0.1) is 0 Å². The lowest BCUT2D eigenvalue weighted by Crippen LogP contribution is -2.48.